The number of benzene rings is 3. The molecule has 3 heteroatoms. The van der Waals surface area contributed by atoms with Gasteiger partial charge >= 0.3 is 0 Å². The maximum absolute atomic E-state index is 6.24. The second-order valence-corrected chi connectivity index (χ2v) is 7.11. The minimum absolute atomic E-state index is 0.0103. The Hall–Kier alpha value is -2.97. The second kappa shape index (κ2) is 7.34. The van der Waals surface area contributed by atoms with E-state index in [-0.39, 0.29) is 6.04 Å². The zero-order valence-corrected chi connectivity index (χ0v) is 15.9. The topological polar surface area (TPSA) is 19.0 Å². The normalized spacial score (nSPS) is 12.1. The quantitative estimate of drug-likeness (QED) is 0.412. The molecule has 1 unspecified atom stereocenters. The van der Waals surface area contributed by atoms with E-state index in [1.165, 1.54) is 10.9 Å². The number of nitrogens with zero attached hydrogens (tertiary/aromatic N) is 1. The van der Waals surface area contributed by atoms with E-state index in [2.05, 4.69) is 78.2 Å². The molecule has 134 valence electrons. The fourth-order valence-electron chi connectivity index (χ4n) is 3.62. The van der Waals surface area contributed by atoms with Crippen LogP contribution in [0.4, 0.5) is 5.69 Å². The van der Waals surface area contributed by atoms with Gasteiger partial charge in [-0.25, -0.2) is 0 Å². The lowest BCUT2D eigenvalue weighted by atomic mass is 9.92. The molecule has 0 saturated carbocycles. The number of anilines is 1. The molecule has 2 nitrogen and oxygen atoms in total. The molecule has 27 heavy (non-hydrogen) atoms. The van der Waals surface area contributed by atoms with Gasteiger partial charge in [0.05, 0.1) is 6.04 Å². The highest BCUT2D eigenvalue weighted by Crippen LogP contribution is 2.38. The van der Waals surface area contributed by atoms with E-state index in [1.807, 2.05) is 30.3 Å². The number of hydrogen-bond donors (Lipinski definition) is 1. The summed E-state index contributed by atoms with van der Waals surface area (Å²) >= 11 is 6.24. The fraction of sp³-hybridized carbons (Fsp3) is 0.0833. The molecule has 4 aromatic rings. The molecule has 0 spiro atoms. The maximum Gasteiger partial charge on any atom is 0.0793 e. The lowest BCUT2D eigenvalue weighted by molar-refractivity contribution is 0.830. The van der Waals surface area contributed by atoms with E-state index in [0.29, 0.717) is 0 Å². The van der Waals surface area contributed by atoms with Crippen molar-refractivity contribution in [3.8, 4) is 0 Å². The third kappa shape index (κ3) is 3.36. The standard InChI is InChI=1S/C24H21ClN2/c1-17(22-16-26-23-14-7-6-13-21(22)23)24(18-9-4-3-5-10-18)27(2)20-12-8-11-19(25)15-20/h3-16,24,26H,1H2,2H3. The monoisotopic (exact) mass is 372 g/mol. The SMILES string of the molecule is C=C(c1c[nH]c2ccccc12)C(c1ccccc1)N(C)c1cccc(Cl)c1. The van der Waals surface area contributed by atoms with Crippen molar-refractivity contribution in [2.24, 2.45) is 0 Å². The first-order valence-corrected chi connectivity index (χ1v) is 9.31. The number of likely N-dealkylation sites (N-methyl/N-ethyl adjacent to an activating group) is 1. The number of aromatic nitrogens is 1. The van der Waals surface area contributed by atoms with Gasteiger partial charge in [-0.05, 0) is 35.4 Å². The summed E-state index contributed by atoms with van der Waals surface area (Å²) in [7, 11) is 2.09. The number of fused-ring (bicyclic) bond motifs is 1. The largest absolute Gasteiger partial charge is 0.363 e. The molecule has 0 aliphatic carbocycles. The van der Waals surface area contributed by atoms with Crippen LogP contribution in [0.15, 0.2) is 91.6 Å². The zero-order chi connectivity index (χ0) is 18.8. The van der Waals surface area contributed by atoms with Crippen LogP contribution in [-0.2, 0) is 0 Å². The molecule has 0 aliphatic rings. The Morgan fingerprint density at radius 2 is 1.70 bits per heavy atom. The predicted octanol–water partition coefficient (Wildman–Crippen LogP) is 6.71. The molecule has 3 aromatic carbocycles. The van der Waals surface area contributed by atoms with Gasteiger partial charge < -0.3 is 9.88 Å². The van der Waals surface area contributed by atoms with Gasteiger partial charge in [0.2, 0.25) is 0 Å². The summed E-state index contributed by atoms with van der Waals surface area (Å²) in [5.74, 6) is 0. The number of halogens is 1. The van der Waals surface area contributed by atoms with Crippen LogP contribution >= 0.6 is 11.6 Å². The number of nitrogens with one attached hydrogen (secondary N) is 1. The Bertz CT molecular complexity index is 1080. The van der Waals surface area contributed by atoms with Crippen molar-refractivity contribution in [3.05, 3.63) is 108 Å². The Labute approximate surface area is 164 Å². The molecule has 0 aliphatic heterocycles. The van der Waals surface area contributed by atoms with Gasteiger partial charge in [-0.2, -0.15) is 0 Å². The third-order valence-corrected chi connectivity index (χ3v) is 5.22. The third-order valence-electron chi connectivity index (χ3n) is 4.98. The number of H-pyrrole nitrogens is 1. The van der Waals surface area contributed by atoms with Gasteiger partial charge in [0.25, 0.3) is 0 Å². The van der Waals surface area contributed by atoms with Crippen LogP contribution in [0.2, 0.25) is 5.02 Å². The molecule has 1 atom stereocenters. The first-order valence-electron chi connectivity index (χ1n) is 8.94. The molecule has 1 N–H and O–H groups in total. The minimum atomic E-state index is -0.0103. The molecule has 0 amide bonds. The number of hydrogen-bond acceptors (Lipinski definition) is 1. The number of rotatable bonds is 5. The van der Waals surface area contributed by atoms with Crippen molar-refractivity contribution in [2.45, 2.75) is 6.04 Å². The van der Waals surface area contributed by atoms with Crippen LogP contribution in [-0.4, -0.2) is 12.0 Å². The maximum atomic E-state index is 6.24. The van der Waals surface area contributed by atoms with Gasteiger partial charge in [-0.15, -0.1) is 0 Å². The van der Waals surface area contributed by atoms with Crippen molar-refractivity contribution in [1.29, 1.82) is 0 Å². The lowest BCUT2D eigenvalue weighted by Gasteiger charge is -2.32. The van der Waals surface area contributed by atoms with Crippen molar-refractivity contribution >= 4 is 33.8 Å². The Balaban J connectivity index is 1.82. The summed E-state index contributed by atoms with van der Waals surface area (Å²) < 4.78 is 0. The smallest absolute Gasteiger partial charge is 0.0793 e. The molecule has 1 heterocycles. The summed E-state index contributed by atoms with van der Waals surface area (Å²) in [5, 5.41) is 1.91. The number of aromatic amines is 1. The molecule has 0 saturated heterocycles. The van der Waals surface area contributed by atoms with E-state index in [4.69, 9.17) is 11.6 Å². The van der Waals surface area contributed by atoms with Crippen molar-refractivity contribution < 1.29 is 0 Å². The minimum Gasteiger partial charge on any atom is -0.363 e. The van der Waals surface area contributed by atoms with Gasteiger partial charge in [0.1, 0.15) is 0 Å². The van der Waals surface area contributed by atoms with Crippen LogP contribution in [0.3, 0.4) is 0 Å². The van der Waals surface area contributed by atoms with E-state index in [0.717, 1.165) is 27.4 Å². The van der Waals surface area contributed by atoms with Crippen LogP contribution in [0.25, 0.3) is 16.5 Å². The van der Waals surface area contributed by atoms with E-state index in [1.54, 1.807) is 0 Å². The molecular weight excluding hydrogens is 352 g/mol. The summed E-state index contributed by atoms with van der Waals surface area (Å²) in [5.41, 5.74) is 5.54. The second-order valence-electron chi connectivity index (χ2n) is 6.68. The summed E-state index contributed by atoms with van der Waals surface area (Å²) in [6.45, 7) is 4.50. The Kier molecular flexibility index (Phi) is 4.74. The van der Waals surface area contributed by atoms with E-state index in [9.17, 15) is 0 Å². The summed E-state index contributed by atoms with van der Waals surface area (Å²) in [6, 6.07) is 26.7. The lowest BCUT2D eigenvalue weighted by Crippen LogP contribution is -2.25. The highest BCUT2D eigenvalue weighted by atomic mass is 35.5. The molecule has 0 radical (unpaired) electrons. The molecule has 0 fully saturated rings. The summed E-state index contributed by atoms with van der Waals surface area (Å²) in [4.78, 5) is 5.59. The zero-order valence-electron chi connectivity index (χ0n) is 15.2. The van der Waals surface area contributed by atoms with Gasteiger partial charge in [0.15, 0.2) is 0 Å². The van der Waals surface area contributed by atoms with Crippen molar-refractivity contribution in [3.63, 3.8) is 0 Å². The molecule has 0 bridgehead atoms. The van der Waals surface area contributed by atoms with Crippen LogP contribution in [0, 0.1) is 0 Å². The molecule has 1 aromatic heterocycles. The van der Waals surface area contributed by atoms with Crippen molar-refractivity contribution in [2.75, 3.05) is 11.9 Å². The van der Waals surface area contributed by atoms with Gasteiger partial charge in [-0.1, -0.05) is 72.8 Å². The average molecular weight is 373 g/mol. The molecular formula is C24H21ClN2. The van der Waals surface area contributed by atoms with Crippen LogP contribution in [0.1, 0.15) is 17.2 Å². The predicted molar refractivity (Wildman–Crippen MR) is 116 cm³/mol. The van der Waals surface area contributed by atoms with E-state index < -0.39 is 0 Å². The highest BCUT2D eigenvalue weighted by Gasteiger charge is 2.23. The molecule has 4 rings (SSSR count). The van der Waals surface area contributed by atoms with Gasteiger partial charge in [-0.3, -0.25) is 0 Å². The number of para-hydroxylation sites is 1. The van der Waals surface area contributed by atoms with Crippen LogP contribution in [0.5, 0.6) is 0 Å². The average Bonchev–Trinajstić information content (AvgIpc) is 3.13. The van der Waals surface area contributed by atoms with Crippen LogP contribution < -0.4 is 4.90 Å². The van der Waals surface area contributed by atoms with E-state index >= 15 is 0 Å². The Morgan fingerprint density at radius 1 is 0.963 bits per heavy atom. The first kappa shape index (κ1) is 17.4. The summed E-state index contributed by atoms with van der Waals surface area (Å²) in [6.07, 6.45) is 2.05. The first-order chi connectivity index (χ1) is 13.1. The Morgan fingerprint density at radius 3 is 2.48 bits per heavy atom. The fourth-order valence-corrected chi connectivity index (χ4v) is 3.81. The highest BCUT2D eigenvalue weighted by molar-refractivity contribution is 6.30. The van der Waals surface area contributed by atoms with Gasteiger partial charge in [0, 0.05) is 40.4 Å². The van der Waals surface area contributed by atoms with Crippen molar-refractivity contribution in [1.82, 2.24) is 4.98 Å².